The molecular formula is C19H22O5. The second-order valence-electron chi connectivity index (χ2n) is 5.53. The fourth-order valence-corrected chi connectivity index (χ4v) is 3.16. The molecule has 0 aromatic heterocycles. The van der Waals surface area contributed by atoms with Crippen molar-refractivity contribution in [3.8, 4) is 23.0 Å². The van der Waals surface area contributed by atoms with Gasteiger partial charge in [0.05, 0.1) is 33.0 Å². The molecule has 5 nitrogen and oxygen atoms in total. The number of methoxy groups -OCH3 is 4. The Hall–Kier alpha value is -2.40. The molecule has 0 radical (unpaired) electrons. The Morgan fingerprint density at radius 1 is 0.917 bits per heavy atom. The van der Waals surface area contributed by atoms with Crippen LogP contribution in [0.1, 0.15) is 29.8 Å². The number of ether oxygens (including phenoxy) is 5. The summed E-state index contributed by atoms with van der Waals surface area (Å²) in [6.07, 6.45) is 0.444. The van der Waals surface area contributed by atoms with Crippen LogP contribution in [-0.2, 0) is 4.74 Å². The highest BCUT2D eigenvalue weighted by Gasteiger charge is 2.35. The maximum absolute atomic E-state index is 6.24. The molecule has 2 aromatic carbocycles. The largest absolute Gasteiger partial charge is 0.493 e. The first-order chi connectivity index (χ1) is 11.7. The summed E-state index contributed by atoms with van der Waals surface area (Å²) in [5.41, 5.74) is 1.96. The van der Waals surface area contributed by atoms with Crippen LogP contribution in [0.15, 0.2) is 36.4 Å². The van der Waals surface area contributed by atoms with E-state index in [4.69, 9.17) is 23.7 Å². The molecule has 0 spiro atoms. The third-order valence-corrected chi connectivity index (χ3v) is 4.31. The highest BCUT2D eigenvalue weighted by atomic mass is 16.5. The van der Waals surface area contributed by atoms with Gasteiger partial charge in [-0.3, -0.25) is 0 Å². The van der Waals surface area contributed by atoms with Gasteiger partial charge < -0.3 is 23.7 Å². The fraction of sp³-hybridized carbons (Fsp3) is 0.368. The second kappa shape index (κ2) is 7.01. The molecule has 1 aliphatic heterocycles. The van der Waals surface area contributed by atoms with Crippen molar-refractivity contribution < 1.29 is 23.7 Å². The van der Waals surface area contributed by atoms with E-state index in [1.807, 2.05) is 24.3 Å². The van der Waals surface area contributed by atoms with Crippen LogP contribution < -0.4 is 18.9 Å². The molecule has 0 aliphatic carbocycles. The first-order valence-electron chi connectivity index (χ1n) is 7.80. The van der Waals surface area contributed by atoms with Gasteiger partial charge >= 0.3 is 0 Å². The van der Waals surface area contributed by atoms with Gasteiger partial charge in [0.15, 0.2) is 11.5 Å². The molecule has 0 amide bonds. The Kier molecular flexibility index (Phi) is 4.81. The second-order valence-corrected chi connectivity index (χ2v) is 5.53. The van der Waals surface area contributed by atoms with Gasteiger partial charge in [0.25, 0.3) is 0 Å². The Bertz CT molecular complexity index is 699. The SMILES string of the molecule is COc1cc2c(c(OC)c1OC)[C@H](OC)C[C@@H](c1ccccc1)O2. The monoisotopic (exact) mass is 330 g/mol. The predicted octanol–water partition coefficient (Wildman–Crippen LogP) is 3.92. The van der Waals surface area contributed by atoms with Crippen LogP contribution in [0.2, 0.25) is 0 Å². The van der Waals surface area contributed by atoms with Crippen LogP contribution in [0.25, 0.3) is 0 Å². The molecule has 5 heteroatoms. The molecule has 2 atom stereocenters. The molecule has 2 aromatic rings. The molecule has 3 rings (SSSR count). The fourth-order valence-electron chi connectivity index (χ4n) is 3.16. The Morgan fingerprint density at radius 2 is 1.62 bits per heavy atom. The molecule has 128 valence electrons. The van der Waals surface area contributed by atoms with Crippen molar-refractivity contribution in [3.05, 3.63) is 47.5 Å². The lowest BCUT2D eigenvalue weighted by Crippen LogP contribution is -2.21. The standard InChI is InChI=1S/C19H22O5/c1-20-14-10-13(12-8-6-5-7-9-12)24-15-11-16(21-2)18(22-3)19(23-4)17(14)15/h5-9,11,13-14H,10H2,1-4H3/t13-,14+/m0/s1. The van der Waals surface area contributed by atoms with Crippen LogP contribution >= 0.6 is 0 Å². The lowest BCUT2D eigenvalue weighted by Gasteiger charge is -2.33. The van der Waals surface area contributed by atoms with Gasteiger partial charge in [-0.2, -0.15) is 0 Å². The third kappa shape index (κ3) is 2.76. The summed E-state index contributed by atoms with van der Waals surface area (Å²) in [6.45, 7) is 0. The van der Waals surface area contributed by atoms with Crippen LogP contribution in [0.5, 0.6) is 23.0 Å². The molecule has 0 N–H and O–H groups in total. The molecule has 1 aliphatic rings. The van der Waals surface area contributed by atoms with Gasteiger partial charge in [-0.25, -0.2) is 0 Å². The summed E-state index contributed by atoms with van der Waals surface area (Å²) in [5.74, 6) is 2.39. The van der Waals surface area contributed by atoms with Gasteiger partial charge in [0.1, 0.15) is 11.9 Å². The molecular weight excluding hydrogens is 308 g/mol. The Balaban J connectivity index is 2.11. The minimum Gasteiger partial charge on any atom is -0.493 e. The molecule has 0 bridgehead atoms. The van der Waals surface area contributed by atoms with E-state index in [-0.39, 0.29) is 12.2 Å². The minimum absolute atomic E-state index is 0.0912. The number of fused-ring (bicyclic) bond motifs is 1. The van der Waals surface area contributed by atoms with Crippen molar-refractivity contribution in [2.24, 2.45) is 0 Å². The van der Waals surface area contributed by atoms with E-state index in [1.54, 1.807) is 28.4 Å². The Morgan fingerprint density at radius 3 is 2.21 bits per heavy atom. The lowest BCUT2D eigenvalue weighted by atomic mass is 9.93. The highest BCUT2D eigenvalue weighted by Crippen LogP contribution is 2.53. The minimum atomic E-state index is -0.159. The molecule has 24 heavy (non-hydrogen) atoms. The zero-order valence-corrected chi connectivity index (χ0v) is 14.4. The number of hydrogen-bond donors (Lipinski definition) is 0. The van der Waals surface area contributed by atoms with Crippen LogP contribution in [0, 0.1) is 0 Å². The average molecular weight is 330 g/mol. The summed E-state index contributed by atoms with van der Waals surface area (Å²) in [4.78, 5) is 0. The summed E-state index contributed by atoms with van der Waals surface area (Å²) < 4.78 is 28.4. The van der Waals surface area contributed by atoms with E-state index in [0.29, 0.717) is 29.4 Å². The van der Waals surface area contributed by atoms with E-state index in [9.17, 15) is 0 Å². The molecule has 0 saturated carbocycles. The van der Waals surface area contributed by atoms with Gasteiger partial charge in [0, 0.05) is 19.6 Å². The number of rotatable bonds is 5. The molecule has 0 saturated heterocycles. The molecule has 0 unspecified atom stereocenters. The average Bonchev–Trinajstić information content (AvgIpc) is 2.65. The van der Waals surface area contributed by atoms with Gasteiger partial charge in [-0.05, 0) is 5.56 Å². The summed E-state index contributed by atoms with van der Waals surface area (Å²) in [7, 11) is 6.48. The van der Waals surface area contributed by atoms with Crippen LogP contribution in [0.4, 0.5) is 0 Å². The third-order valence-electron chi connectivity index (χ3n) is 4.31. The van der Waals surface area contributed by atoms with Crippen molar-refractivity contribution in [2.75, 3.05) is 28.4 Å². The summed E-state index contributed by atoms with van der Waals surface area (Å²) in [6, 6.07) is 11.9. The maximum Gasteiger partial charge on any atom is 0.203 e. The van der Waals surface area contributed by atoms with E-state index in [1.165, 1.54) is 0 Å². The van der Waals surface area contributed by atoms with Gasteiger partial charge in [-0.15, -0.1) is 0 Å². The first-order valence-corrected chi connectivity index (χ1v) is 7.80. The normalized spacial score (nSPS) is 19.2. The van der Waals surface area contributed by atoms with E-state index in [0.717, 1.165) is 11.1 Å². The van der Waals surface area contributed by atoms with E-state index < -0.39 is 0 Å². The van der Waals surface area contributed by atoms with Crippen molar-refractivity contribution >= 4 is 0 Å². The van der Waals surface area contributed by atoms with Crippen molar-refractivity contribution in [1.29, 1.82) is 0 Å². The molecule has 1 heterocycles. The van der Waals surface area contributed by atoms with E-state index in [2.05, 4.69) is 12.1 Å². The summed E-state index contributed by atoms with van der Waals surface area (Å²) in [5, 5.41) is 0. The van der Waals surface area contributed by atoms with Gasteiger partial charge in [0.2, 0.25) is 5.75 Å². The maximum atomic E-state index is 6.24. The van der Waals surface area contributed by atoms with Gasteiger partial charge in [-0.1, -0.05) is 30.3 Å². The lowest BCUT2D eigenvalue weighted by molar-refractivity contribution is 0.0275. The zero-order valence-electron chi connectivity index (χ0n) is 14.4. The predicted molar refractivity (Wildman–Crippen MR) is 90.3 cm³/mol. The van der Waals surface area contributed by atoms with Crippen LogP contribution in [0.3, 0.4) is 0 Å². The Labute approximate surface area is 142 Å². The van der Waals surface area contributed by atoms with E-state index >= 15 is 0 Å². The topological polar surface area (TPSA) is 46.2 Å². The van der Waals surface area contributed by atoms with Crippen molar-refractivity contribution in [1.82, 2.24) is 0 Å². The first kappa shape index (κ1) is 16.5. The zero-order chi connectivity index (χ0) is 17.1. The highest BCUT2D eigenvalue weighted by molar-refractivity contribution is 5.63. The smallest absolute Gasteiger partial charge is 0.203 e. The number of hydrogen-bond acceptors (Lipinski definition) is 5. The summed E-state index contributed by atoms with van der Waals surface area (Å²) >= 11 is 0. The number of benzene rings is 2. The van der Waals surface area contributed by atoms with Crippen molar-refractivity contribution in [3.63, 3.8) is 0 Å². The van der Waals surface area contributed by atoms with Crippen molar-refractivity contribution in [2.45, 2.75) is 18.6 Å². The molecule has 0 fully saturated rings. The quantitative estimate of drug-likeness (QED) is 0.831. The van der Waals surface area contributed by atoms with Crippen LogP contribution in [-0.4, -0.2) is 28.4 Å².